The number of aromatic nitrogens is 1. The molecule has 2 rings (SSSR count). The summed E-state index contributed by atoms with van der Waals surface area (Å²) >= 11 is 3.45. The standard InChI is InChI=1S/C15H19BrN2O2/c1-10(2)9-19-5-6-20-15-12-7-11(16)3-4-14(12)18-8-13(15)17/h3-4,7-8,10H,5-6,9,17H2,1-2H3. The Hall–Kier alpha value is -1.33. The third kappa shape index (κ3) is 3.84. The summed E-state index contributed by atoms with van der Waals surface area (Å²) in [6, 6.07) is 5.84. The number of nitrogens with two attached hydrogens (primary N) is 1. The minimum atomic E-state index is 0.475. The highest BCUT2D eigenvalue weighted by Crippen LogP contribution is 2.32. The highest BCUT2D eigenvalue weighted by atomic mass is 79.9. The molecule has 1 heterocycles. The molecule has 1 aromatic heterocycles. The normalized spacial score (nSPS) is 11.2. The SMILES string of the molecule is CC(C)COCCOc1c(N)cnc2ccc(Br)cc12. The molecule has 0 aliphatic heterocycles. The van der Waals surface area contributed by atoms with Crippen molar-refractivity contribution in [3.63, 3.8) is 0 Å². The number of fused-ring (bicyclic) bond motifs is 1. The molecule has 1 aromatic carbocycles. The number of nitrogen functional groups attached to an aromatic ring is 1. The average molecular weight is 339 g/mol. The third-order valence-corrected chi connectivity index (χ3v) is 3.23. The lowest BCUT2D eigenvalue weighted by Gasteiger charge is -2.12. The Morgan fingerprint density at radius 3 is 2.85 bits per heavy atom. The fourth-order valence-corrected chi connectivity index (χ4v) is 2.20. The second-order valence-corrected chi connectivity index (χ2v) is 5.94. The van der Waals surface area contributed by atoms with Crippen LogP contribution in [0.5, 0.6) is 5.75 Å². The predicted octanol–water partition coefficient (Wildman–Crippen LogP) is 3.63. The minimum Gasteiger partial charge on any atom is -0.488 e. The second kappa shape index (κ2) is 6.90. The summed E-state index contributed by atoms with van der Waals surface area (Å²) in [4.78, 5) is 4.29. The molecular weight excluding hydrogens is 320 g/mol. The van der Waals surface area contributed by atoms with Gasteiger partial charge in [-0.2, -0.15) is 0 Å². The van der Waals surface area contributed by atoms with Gasteiger partial charge in [-0.15, -0.1) is 0 Å². The van der Waals surface area contributed by atoms with Crippen molar-refractivity contribution < 1.29 is 9.47 Å². The summed E-state index contributed by atoms with van der Waals surface area (Å²) in [6.07, 6.45) is 1.63. The maximum atomic E-state index is 5.96. The van der Waals surface area contributed by atoms with E-state index in [0.29, 0.717) is 30.6 Å². The number of hydrogen-bond acceptors (Lipinski definition) is 4. The van der Waals surface area contributed by atoms with Crippen molar-refractivity contribution in [2.45, 2.75) is 13.8 Å². The zero-order chi connectivity index (χ0) is 14.5. The number of nitrogens with zero attached hydrogens (tertiary/aromatic N) is 1. The average Bonchev–Trinajstić information content (AvgIpc) is 2.40. The van der Waals surface area contributed by atoms with Gasteiger partial charge in [-0.25, -0.2) is 0 Å². The molecule has 0 aliphatic carbocycles. The fraction of sp³-hybridized carbons (Fsp3) is 0.400. The maximum Gasteiger partial charge on any atom is 0.153 e. The first kappa shape index (κ1) is 15.1. The number of anilines is 1. The maximum absolute atomic E-state index is 5.96. The first-order valence-electron chi connectivity index (χ1n) is 6.62. The summed E-state index contributed by atoms with van der Waals surface area (Å²) in [6.45, 7) is 6.00. The van der Waals surface area contributed by atoms with Crippen molar-refractivity contribution in [1.82, 2.24) is 4.98 Å². The van der Waals surface area contributed by atoms with Crippen LogP contribution in [-0.4, -0.2) is 24.8 Å². The molecule has 0 radical (unpaired) electrons. The third-order valence-electron chi connectivity index (χ3n) is 2.73. The molecule has 0 bridgehead atoms. The largest absolute Gasteiger partial charge is 0.488 e. The van der Waals surface area contributed by atoms with Gasteiger partial charge in [0.25, 0.3) is 0 Å². The van der Waals surface area contributed by atoms with Crippen molar-refractivity contribution in [3.8, 4) is 5.75 Å². The molecule has 0 spiro atoms. The number of rotatable bonds is 6. The van der Waals surface area contributed by atoms with Crippen LogP contribution in [0.25, 0.3) is 10.9 Å². The highest BCUT2D eigenvalue weighted by molar-refractivity contribution is 9.10. The van der Waals surface area contributed by atoms with Crippen LogP contribution < -0.4 is 10.5 Å². The summed E-state index contributed by atoms with van der Waals surface area (Å²) in [5.41, 5.74) is 7.36. The summed E-state index contributed by atoms with van der Waals surface area (Å²) < 4.78 is 12.2. The van der Waals surface area contributed by atoms with Gasteiger partial charge in [-0.3, -0.25) is 4.98 Å². The van der Waals surface area contributed by atoms with Crippen LogP contribution >= 0.6 is 15.9 Å². The summed E-state index contributed by atoms with van der Waals surface area (Å²) in [5.74, 6) is 1.20. The lowest BCUT2D eigenvalue weighted by atomic mass is 10.2. The molecule has 0 amide bonds. The number of pyridine rings is 1. The van der Waals surface area contributed by atoms with Gasteiger partial charge in [0.05, 0.1) is 24.0 Å². The summed E-state index contributed by atoms with van der Waals surface area (Å²) in [5, 5.41) is 0.906. The Morgan fingerprint density at radius 1 is 1.30 bits per heavy atom. The van der Waals surface area contributed by atoms with E-state index in [1.165, 1.54) is 0 Å². The van der Waals surface area contributed by atoms with E-state index in [2.05, 4.69) is 34.8 Å². The van der Waals surface area contributed by atoms with E-state index in [1.807, 2.05) is 18.2 Å². The molecule has 0 aliphatic rings. The first-order chi connectivity index (χ1) is 9.58. The first-order valence-corrected chi connectivity index (χ1v) is 7.41. The molecule has 0 saturated heterocycles. The second-order valence-electron chi connectivity index (χ2n) is 5.02. The topological polar surface area (TPSA) is 57.4 Å². The lowest BCUT2D eigenvalue weighted by molar-refractivity contribution is 0.0825. The van der Waals surface area contributed by atoms with Gasteiger partial charge < -0.3 is 15.2 Å². The summed E-state index contributed by atoms with van der Waals surface area (Å²) in [7, 11) is 0. The number of benzene rings is 1. The van der Waals surface area contributed by atoms with Gasteiger partial charge in [0, 0.05) is 16.5 Å². The molecule has 0 atom stereocenters. The van der Waals surface area contributed by atoms with Crippen molar-refractivity contribution in [3.05, 3.63) is 28.9 Å². The van der Waals surface area contributed by atoms with Crippen LogP contribution in [0, 0.1) is 5.92 Å². The van der Waals surface area contributed by atoms with Crippen LogP contribution in [0.4, 0.5) is 5.69 Å². The number of hydrogen-bond donors (Lipinski definition) is 1. The molecular formula is C15H19BrN2O2. The molecule has 2 N–H and O–H groups in total. The van der Waals surface area contributed by atoms with Crippen LogP contribution in [0.2, 0.25) is 0 Å². The molecule has 5 heteroatoms. The molecule has 108 valence electrons. The quantitative estimate of drug-likeness (QED) is 0.817. The van der Waals surface area contributed by atoms with E-state index < -0.39 is 0 Å². The Labute approximate surface area is 127 Å². The Kier molecular flexibility index (Phi) is 5.20. The van der Waals surface area contributed by atoms with E-state index in [0.717, 1.165) is 22.0 Å². The Bertz CT molecular complexity index is 582. The van der Waals surface area contributed by atoms with Gasteiger partial charge in [0.1, 0.15) is 6.61 Å². The Balaban J connectivity index is 2.08. The molecule has 0 unspecified atom stereocenters. The van der Waals surface area contributed by atoms with Crippen LogP contribution in [0.15, 0.2) is 28.9 Å². The van der Waals surface area contributed by atoms with Crippen molar-refractivity contribution in [1.29, 1.82) is 0 Å². The van der Waals surface area contributed by atoms with Crippen LogP contribution in [-0.2, 0) is 4.74 Å². The fourth-order valence-electron chi connectivity index (χ4n) is 1.84. The van der Waals surface area contributed by atoms with Gasteiger partial charge in [0.15, 0.2) is 5.75 Å². The molecule has 0 fully saturated rings. The van der Waals surface area contributed by atoms with E-state index in [4.69, 9.17) is 15.2 Å². The van der Waals surface area contributed by atoms with E-state index >= 15 is 0 Å². The van der Waals surface area contributed by atoms with Crippen molar-refractivity contribution in [2.75, 3.05) is 25.6 Å². The van der Waals surface area contributed by atoms with Gasteiger partial charge >= 0.3 is 0 Å². The van der Waals surface area contributed by atoms with E-state index in [1.54, 1.807) is 6.20 Å². The minimum absolute atomic E-state index is 0.475. The highest BCUT2D eigenvalue weighted by Gasteiger charge is 2.08. The Morgan fingerprint density at radius 2 is 2.10 bits per heavy atom. The number of ether oxygens (including phenoxy) is 2. The molecule has 0 saturated carbocycles. The lowest BCUT2D eigenvalue weighted by Crippen LogP contribution is -2.11. The van der Waals surface area contributed by atoms with Gasteiger partial charge in [0.2, 0.25) is 0 Å². The smallest absolute Gasteiger partial charge is 0.153 e. The van der Waals surface area contributed by atoms with E-state index in [-0.39, 0.29) is 0 Å². The van der Waals surface area contributed by atoms with Crippen LogP contribution in [0.3, 0.4) is 0 Å². The van der Waals surface area contributed by atoms with E-state index in [9.17, 15) is 0 Å². The van der Waals surface area contributed by atoms with Gasteiger partial charge in [-0.05, 0) is 24.1 Å². The van der Waals surface area contributed by atoms with Crippen molar-refractivity contribution in [2.24, 2.45) is 5.92 Å². The molecule has 2 aromatic rings. The van der Waals surface area contributed by atoms with Crippen LogP contribution in [0.1, 0.15) is 13.8 Å². The number of halogens is 1. The van der Waals surface area contributed by atoms with Crippen molar-refractivity contribution >= 4 is 32.5 Å². The monoisotopic (exact) mass is 338 g/mol. The molecule has 20 heavy (non-hydrogen) atoms. The molecule has 4 nitrogen and oxygen atoms in total. The zero-order valence-corrected chi connectivity index (χ0v) is 13.3. The van der Waals surface area contributed by atoms with Gasteiger partial charge in [-0.1, -0.05) is 29.8 Å². The predicted molar refractivity (Wildman–Crippen MR) is 85.0 cm³/mol. The zero-order valence-electron chi connectivity index (χ0n) is 11.7.